The number of hydrogen-bond donors (Lipinski definition) is 2. The van der Waals surface area contributed by atoms with E-state index in [2.05, 4.69) is 29.2 Å². The van der Waals surface area contributed by atoms with Crippen molar-refractivity contribution in [3.63, 3.8) is 0 Å². The molecule has 2 N–H and O–H groups in total. The van der Waals surface area contributed by atoms with Crippen LogP contribution in [0.15, 0.2) is 29.3 Å². The topological polar surface area (TPSA) is 79.8 Å². The predicted molar refractivity (Wildman–Crippen MR) is 86.3 cm³/mol. The van der Waals surface area contributed by atoms with E-state index in [4.69, 9.17) is 0 Å². The number of carbonyl (C=O) groups excluding carboxylic acids is 1. The number of pyridine rings is 1. The van der Waals surface area contributed by atoms with Crippen molar-refractivity contribution < 1.29 is 4.79 Å². The number of carbonyl (C=O) groups is 1. The Labute approximate surface area is 129 Å². The van der Waals surface area contributed by atoms with Gasteiger partial charge < -0.3 is 10.3 Å². The van der Waals surface area contributed by atoms with Crippen LogP contribution >= 0.6 is 0 Å². The van der Waals surface area contributed by atoms with Gasteiger partial charge in [0.05, 0.1) is 5.54 Å². The Morgan fingerprint density at radius 2 is 2.05 bits per heavy atom. The first-order chi connectivity index (χ1) is 10.2. The van der Waals surface area contributed by atoms with E-state index in [0.717, 1.165) is 5.69 Å². The first-order valence-corrected chi connectivity index (χ1v) is 7.29. The van der Waals surface area contributed by atoms with Crippen molar-refractivity contribution >= 4 is 11.6 Å². The highest BCUT2D eigenvalue weighted by Gasteiger charge is 2.23. The molecular weight excluding hydrogens is 280 g/mol. The van der Waals surface area contributed by atoms with Crippen LogP contribution in [0.2, 0.25) is 0 Å². The van der Waals surface area contributed by atoms with Crippen LogP contribution in [-0.2, 0) is 5.54 Å². The Morgan fingerprint density at radius 3 is 2.55 bits per heavy atom. The fourth-order valence-electron chi connectivity index (χ4n) is 2.16. The molecule has 0 atom stereocenters. The molecule has 2 aromatic heterocycles. The fourth-order valence-corrected chi connectivity index (χ4v) is 2.16. The second-order valence-electron chi connectivity index (χ2n) is 6.57. The molecule has 0 aliphatic heterocycles. The zero-order chi connectivity index (χ0) is 16.5. The summed E-state index contributed by atoms with van der Waals surface area (Å²) in [7, 11) is 0. The van der Waals surface area contributed by atoms with Crippen molar-refractivity contribution in [3.8, 4) is 0 Å². The standard InChI is InChI=1S/C16H22N4O2/c1-10(2)13-8-11(19-20(13)16(3,4)5)15(22)18-12-9-17-7-6-14(12)21/h6-10H,1-5H3,(H,17,21)(H,18,22). The molecule has 0 aliphatic rings. The second kappa shape index (κ2) is 5.79. The normalized spacial score (nSPS) is 11.7. The Morgan fingerprint density at radius 1 is 1.36 bits per heavy atom. The van der Waals surface area contributed by atoms with Crippen LogP contribution in [0, 0.1) is 0 Å². The van der Waals surface area contributed by atoms with Gasteiger partial charge in [0.2, 0.25) is 5.43 Å². The molecule has 22 heavy (non-hydrogen) atoms. The van der Waals surface area contributed by atoms with Gasteiger partial charge in [0.1, 0.15) is 5.69 Å². The maximum absolute atomic E-state index is 12.3. The Balaban J connectivity index is 2.35. The predicted octanol–water partition coefficient (Wildman–Crippen LogP) is 2.70. The molecule has 0 bridgehead atoms. The van der Waals surface area contributed by atoms with Gasteiger partial charge in [-0.3, -0.25) is 14.3 Å². The van der Waals surface area contributed by atoms with Crippen molar-refractivity contribution in [1.82, 2.24) is 14.8 Å². The molecule has 0 spiro atoms. The Hall–Kier alpha value is -2.37. The summed E-state index contributed by atoms with van der Waals surface area (Å²) in [5.74, 6) is -0.144. The zero-order valence-electron chi connectivity index (χ0n) is 13.6. The summed E-state index contributed by atoms with van der Waals surface area (Å²) in [5.41, 5.74) is 1.04. The second-order valence-corrected chi connectivity index (χ2v) is 6.57. The molecule has 1 amide bonds. The van der Waals surface area contributed by atoms with Crippen LogP contribution in [0.5, 0.6) is 0 Å². The van der Waals surface area contributed by atoms with E-state index in [1.165, 1.54) is 18.5 Å². The molecule has 0 unspecified atom stereocenters. The van der Waals surface area contributed by atoms with Gasteiger partial charge in [0.15, 0.2) is 5.69 Å². The lowest BCUT2D eigenvalue weighted by molar-refractivity contribution is 0.102. The van der Waals surface area contributed by atoms with Gasteiger partial charge in [-0.2, -0.15) is 5.10 Å². The average molecular weight is 302 g/mol. The highest BCUT2D eigenvalue weighted by Crippen LogP contribution is 2.23. The van der Waals surface area contributed by atoms with Crippen LogP contribution in [-0.4, -0.2) is 20.7 Å². The summed E-state index contributed by atoms with van der Waals surface area (Å²) in [4.78, 5) is 26.8. The molecule has 6 heteroatoms. The minimum Gasteiger partial charge on any atom is -0.366 e. The molecule has 2 rings (SSSR count). The number of amides is 1. The molecule has 2 aromatic rings. The zero-order valence-corrected chi connectivity index (χ0v) is 13.6. The van der Waals surface area contributed by atoms with Gasteiger partial charge in [0.25, 0.3) is 5.91 Å². The van der Waals surface area contributed by atoms with Gasteiger partial charge in [-0.25, -0.2) is 0 Å². The number of aromatic amines is 1. The number of H-pyrrole nitrogens is 1. The number of aromatic nitrogens is 3. The van der Waals surface area contributed by atoms with Crippen LogP contribution in [0.3, 0.4) is 0 Å². The summed E-state index contributed by atoms with van der Waals surface area (Å²) >= 11 is 0. The lowest BCUT2D eigenvalue weighted by atomic mass is 10.1. The van der Waals surface area contributed by atoms with Crippen molar-refractivity contribution in [1.29, 1.82) is 0 Å². The first-order valence-electron chi connectivity index (χ1n) is 7.29. The van der Waals surface area contributed by atoms with Gasteiger partial charge in [0, 0.05) is 24.2 Å². The number of anilines is 1. The quantitative estimate of drug-likeness (QED) is 0.914. The smallest absolute Gasteiger partial charge is 0.276 e. The summed E-state index contributed by atoms with van der Waals surface area (Å²) in [6.45, 7) is 10.2. The third kappa shape index (κ3) is 3.27. The minimum atomic E-state index is -0.387. The third-order valence-corrected chi connectivity index (χ3v) is 3.27. The Bertz CT molecular complexity index is 735. The highest BCUT2D eigenvalue weighted by atomic mass is 16.2. The van der Waals surface area contributed by atoms with E-state index in [1.807, 2.05) is 25.5 Å². The molecule has 0 saturated heterocycles. The van der Waals surface area contributed by atoms with E-state index >= 15 is 0 Å². The minimum absolute atomic E-state index is 0.212. The highest BCUT2D eigenvalue weighted by molar-refractivity contribution is 6.02. The summed E-state index contributed by atoms with van der Waals surface area (Å²) in [6.07, 6.45) is 2.98. The molecule has 0 aliphatic carbocycles. The van der Waals surface area contributed by atoms with Gasteiger partial charge in [-0.1, -0.05) is 13.8 Å². The van der Waals surface area contributed by atoms with Crippen LogP contribution in [0.25, 0.3) is 0 Å². The SMILES string of the molecule is CC(C)c1cc(C(=O)Nc2c[nH]ccc2=O)nn1C(C)(C)C. The van der Waals surface area contributed by atoms with Gasteiger partial charge >= 0.3 is 0 Å². The van der Waals surface area contributed by atoms with Crippen molar-refractivity contribution in [2.75, 3.05) is 5.32 Å². The lowest BCUT2D eigenvalue weighted by Crippen LogP contribution is -2.26. The molecule has 0 radical (unpaired) electrons. The summed E-state index contributed by atoms with van der Waals surface area (Å²) in [6, 6.07) is 3.14. The fraction of sp³-hybridized carbons (Fsp3) is 0.438. The average Bonchev–Trinajstić information content (AvgIpc) is 2.86. The maximum atomic E-state index is 12.3. The van der Waals surface area contributed by atoms with E-state index in [1.54, 1.807) is 6.07 Å². The molecular formula is C16H22N4O2. The van der Waals surface area contributed by atoms with E-state index < -0.39 is 0 Å². The lowest BCUT2D eigenvalue weighted by Gasteiger charge is -2.23. The third-order valence-electron chi connectivity index (χ3n) is 3.27. The van der Waals surface area contributed by atoms with E-state index in [-0.39, 0.29) is 28.5 Å². The van der Waals surface area contributed by atoms with Crippen LogP contribution < -0.4 is 10.7 Å². The molecule has 118 valence electrons. The number of rotatable bonds is 3. The molecule has 2 heterocycles. The van der Waals surface area contributed by atoms with Gasteiger partial charge in [-0.15, -0.1) is 0 Å². The summed E-state index contributed by atoms with van der Waals surface area (Å²) < 4.78 is 1.86. The van der Waals surface area contributed by atoms with Crippen molar-refractivity contribution in [2.24, 2.45) is 0 Å². The number of nitrogens with one attached hydrogen (secondary N) is 2. The maximum Gasteiger partial charge on any atom is 0.276 e. The number of hydrogen-bond acceptors (Lipinski definition) is 3. The largest absolute Gasteiger partial charge is 0.366 e. The van der Waals surface area contributed by atoms with Gasteiger partial charge in [-0.05, 0) is 32.8 Å². The van der Waals surface area contributed by atoms with Crippen LogP contribution in [0.4, 0.5) is 5.69 Å². The number of nitrogens with zero attached hydrogens (tertiary/aromatic N) is 2. The van der Waals surface area contributed by atoms with Crippen LogP contribution in [0.1, 0.15) is 56.7 Å². The summed E-state index contributed by atoms with van der Waals surface area (Å²) in [5, 5.41) is 7.02. The van der Waals surface area contributed by atoms with E-state index in [0.29, 0.717) is 5.69 Å². The molecule has 0 fully saturated rings. The van der Waals surface area contributed by atoms with Crippen molar-refractivity contribution in [2.45, 2.75) is 46.1 Å². The molecule has 6 nitrogen and oxygen atoms in total. The first kappa shape index (κ1) is 16.0. The van der Waals surface area contributed by atoms with E-state index in [9.17, 15) is 9.59 Å². The Kier molecular flexibility index (Phi) is 4.21. The monoisotopic (exact) mass is 302 g/mol. The van der Waals surface area contributed by atoms with Crippen molar-refractivity contribution in [3.05, 3.63) is 46.1 Å². The molecule has 0 aromatic carbocycles. The molecule has 0 saturated carbocycles.